The average molecular weight is 425 g/mol. The van der Waals surface area contributed by atoms with Gasteiger partial charge in [0.2, 0.25) is 5.91 Å². The zero-order valence-electron chi connectivity index (χ0n) is 16.2. The van der Waals surface area contributed by atoms with Crippen molar-refractivity contribution >= 4 is 34.9 Å². The molecular weight excluding hydrogens is 403 g/mol. The minimum atomic E-state index is -0.494. The van der Waals surface area contributed by atoms with Crippen molar-refractivity contribution < 1.29 is 14.0 Å². The average Bonchev–Trinajstić information content (AvgIpc) is 3.46. The lowest BCUT2D eigenvalue weighted by Gasteiger charge is -2.30. The van der Waals surface area contributed by atoms with Crippen LogP contribution in [0.4, 0.5) is 10.1 Å². The highest BCUT2D eigenvalue weighted by atomic mass is 32.1. The quantitative estimate of drug-likeness (QED) is 0.600. The first-order valence-electron chi connectivity index (χ1n) is 9.72. The smallest absolute Gasteiger partial charge is 0.276 e. The predicted octanol–water partition coefficient (Wildman–Crippen LogP) is 4.28. The molecule has 0 saturated carbocycles. The summed E-state index contributed by atoms with van der Waals surface area (Å²) in [5.41, 5.74) is 1.19. The van der Waals surface area contributed by atoms with Gasteiger partial charge in [0.05, 0.1) is 5.69 Å². The molecule has 6 nitrogen and oxygen atoms in total. The largest absolute Gasteiger partial charge is 0.339 e. The molecule has 2 amide bonds. The fraction of sp³-hybridized carbons (Fsp3) is 0.227. The van der Waals surface area contributed by atoms with E-state index in [0.717, 1.165) is 23.4 Å². The lowest BCUT2D eigenvalue weighted by atomic mass is 9.93. The normalized spacial score (nSPS) is 14.9. The van der Waals surface area contributed by atoms with E-state index in [4.69, 9.17) is 0 Å². The number of aromatic nitrogens is 2. The van der Waals surface area contributed by atoms with Gasteiger partial charge in [-0.25, -0.2) is 4.39 Å². The molecule has 1 aromatic carbocycles. The lowest BCUT2D eigenvalue weighted by Crippen LogP contribution is -2.36. The molecule has 2 aromatic heterocycles. The van der Waals surface area contributed by atoms with Crippen molar-refractivity contribution in [1.82, 2.24) is 15.1 Å². The van der Waals surface area contributed by atoms with Crippen LogP contribution in [-0.2, 0) is 4.79 Å². The third-order valence-corrected chi connectivity index (χ3v) is 5.97. The number of halogens is 1. The number of rotatable bonds is 5. The maximum atomic E-state index is 13.7. The second kappa shape index (κ2) is 9.04. The fourth-order valence-corrected chi connectivity index (χ4v) is 4.08. The molecule has 154 valence electrons. The van der Waals surface area contributed by atoms with Gasteiger partial charge in [-0.3, -0.25) is 14.7 Å². The number of hydrogen-bond acceptors (Lipinski definition) is 4. The topological polar surface area (TPSA) is 78.1 Å². The molecule has 1 fully saturated rings. The van der Waals surface area contributed by atoms with Crippen LogP contribution in [0.2, 0.25) is 0 Å². The number of benzene rings is 1. The number of H-pyrrole nitrogens is 1. The van der Waals surface area contributed by atoms with Crippen LogP contribution in [0.15, 0.2) is 53.9 Å². The van der Waals surface area contributed by atoms with Crippen molar-refractivity contribution in [3.05, 3.63) is 76.0 Å². The Kier molecular flexibility index (Phi) is 6.04. The summed E-state index contributed by atoms with van der Waals surface area (Å²) in [6, 6.07) is 11.6. The Hall–Kier alpha value is -3.26. The Morgan fingerprint density at radius 3 is 2.73 bits per heavy atom. The molecule has 30 heavy (non-hydrogen) atoms. The second-order valence-electron chi connectivity index (χ2n) is 7.09. The molecule has 0 atom stereocenters. The molecule has 2 N–H and O–H groups in total. The van der Waals surface area contributed by atoms with Crippen LogP contribution in [0.3, 0.4) is 0 Å². The highest BCUT2D eigenvalue weighted by molar-refractivity contribution is 7.10. The summed E-state index contributed by atoms with van der Waals surface area (Å²) >= 11 is 1.59. The summed E-state index contributed by atoms with van der Waals surface area (Å²) in [4.78, 5) is 27.6. The number of carbonyl (C=O) groups excluding carboxylic acids is 2. The van der Waals surface area contributed by atoms with E-state index in [2.05, 4.69) is 15.5 Å². The molecule has 0 spiro atoms. The zero-order valence-corrected chi connectivity index (χ0v) is 17.0. The van der Waals surface area contributed by atoms with Crippen molar-refractivity contribution in [2.45, 2.75) is 18.8 Å². The Labute approximate surface area is 177 Å². The highest BCUT2D eigenvalue weighted by Gasteiger charge is 2.25. The van der Waals surface area contributed by atoms with Gasteiger partial charge in [-0.05, 0) is 48.6 Å². The van der Waals surface area contributed by atoms with Gasteiger partial charge in [0.1, 0.15) is 5.82 Å². The number of anilines is 1. The molecule has 0 radical (unpaired) electrons. The minimum absolute atomic E-state index is 0.0106. The molecule has 1 saturated heterocycles. The van der Waals surface area contributed by atoms with Crippen molar-refractivity contribution in [3.63, 3.8) is 0 Å². The molecule has 0 bridgehead atoms. The summed E-state index contributed by atoms with van der Waals surface area (Å²) in [6.45, 7) is 1.29. The van der Waals surface area contributed by atoms with E-state index in [9.17, 15) is 14.0 Å². The Morgan fingerprint density at radius 1 is 1.20 bits per heavy atom. The number of amides is 2. The number of likely N-dealkylation sites (tertiary alicyclic amines) is 1. The van der Waals surface area contributed by atoms with E-state index in [-0.39, 0.29) is 23.2 Å². The summed E-state index contributed by atoms with van der Waals surface area (Å²) in [7, 11) is 0. The monoisotopic (exact) mass is 424 g/mol. The second-order valence-corrected chi connectivity index (χ2v) is 8.07. The van der Waals surface area contributed by atoms with E-state index >= 15 is 0 Å². The van der Waals surface area contributed by atoms with Gasteiger partial charge in [0.15, 0.2) is 5.69 Å². The van der Waals surface area contributed by atoms with Crippen LogP contribution in [-0.4, -0.2) is 40.0 Å². The zero-order chi connectivity index (χ0) is 20.9. The lowest BCUT2D eigenvalue weighted by molar-refractivity contribution is -0.126. The first-order valence-corrected chi connectivity index (χ1v) is 10.6. The van der Waals surface area contributed by atoms with Crippen molar-refractivity contribution in [2.75, 3.05) is 18.4 Å². The number of hydrogen-bond donors (Lipinski definition) is 2. The maximum Gasteiger partial charge on any atom is 0.276 e. The van der Waals surface area contributed by atoms with Crippen LogP contribution in [0.5, 0.6) is 0 Å². The molecule has 1 aliphatic heterocycles. The van der Waals surface area contributed by atoms with Crippen LogP contribution >= 0.6 is 11.3 Å². The standard InChI is InChI=1S/C22H21FN4O2S/c23-17-5-1-2-6-18(17)24-22(29)20-14-19(25-26-20)15-9-11-27(12-10-15)21(28)8-7-16-4-3-13-30-16/h1-8,13-15H,9-12H2,(H,24,29)(H,25,26)/b8-7-. The number of thiophene rings is 1. The third kappa shape index (κ3) is 4.65. The molecule has 3 aromatic rings. The summed E-state index contributed by atoms with van der Waals surface area (Å²) in [6.07, 6.45) is 5.03. The molecular formula is C22H21FN4O2S. The van der Waals surface area contributed by atoms with E-state index in [1.165, 1.54) is 12.1 Å². The van der Waals surface area contributed by atoms with Crippen LogP contribution in [0.25, 0.3) is 6.08 Å². The summed E-state index contributed by atoms with van der Waals surface area (Å²) < 4.78 is 13.7. The van der Waals surface area contributed by atoms with Gasteiger partial charge in [-0.15, -0.1) is 11.3 Å². The minimum Gasteiger partial charge on any atom is -0.339 e. The first-order chi connectivity index (χ1) is 14.6. The van der Waals surface area contributed by atoms with E-state index in [0.29, 0.717) is 13.1 Å². The van der Waals surface area contributed by atoms with Crippen LogP contribution in [0.1, 0.15) is 39.8 Å². The van der Waals surface area contributed by atoms with E-state index < -0.39 is 11.7 Å². The van der Waals surface area contributed by atoms with Crippen LogP contribution < -0.4 is 5.32 Å². The number of nitrogens with one attached hydrogen (secondary N) is 2. The van der Waals surface area contributed by atoms with E-state index in [1.54, 1.807) is 35.6 Å². The number of carbonyl (C=O) groups is 2. The van der Waals surface area contributed by atoms with Gasteiger partial charge in [0.25, 0.3) is 5.91 Å². The van der Waals surface area contributed by atoms with Gasteiger partial charge in [0, 0.05) is 35.7 Å². The summed E-state index contributed by atoms with van der Waals surface area (Å²) in [5, 5.41) is 11.5. The Balaban J connectivity index is 1.32. The number of nitrogens with zero attached hydrogens (tertiary/aromatic N) is 2. The Morgan fingerprint density at radius 2 is 2.00 bits per heavy atom. The van der Waals surface area contributed by atoms with Crippen LogP contribution in [0, 0.1) is 5.82 Å². The molecule has 3 heterocycles. The van der Waals surface area contributed by atoms with Crippen molar-refractivity contribution in [3.8, 4) is 0 Å². The SMILES string of the molecule is O=C(Nc1ccccc1F)c1cc(C2CCN(C(=O)/C=C\c3cccs3)CC2)[nH]n1. The number of piperidine rings is 1. The van der Waals surface area contributed by atoms with E-state index in [1.807, 2.05) is 28.5 Å². The van der Waals surface area contributed by atoms with Gasteiger partial charge < -0.3 is 10.2 Å². The van der Waals surface area contributed by atoms with Gasteiger partial charge in [-0.1, -0.05) is 18.2 Å². The third-order valence-electron chi connectivity index (χ3n) is 5.13. The molecule has 0 unspecified atom stereocenters. The maximum absolute atomic E-state index is 13.7. The van der Waals surface area contributed by atoms with Crippen molar-refractivity contribution in [1.29, 1.82) is 0 Å². The molecule has 8 heteroatoms. The molecule has 4 rings (SSSR count). The Bertz CT molecular complexity index is 1050. The molecule has 0 aliphatic carbocycles. The predicted molar refractivity (Wildman–Crippen MR) is 115 cm³/mol. The number of aromatic amines is 1. The van der Waals surface area contributed by atoms with Crippen molar-refractivity contribution in [2.24, 2.45) is 0 Å². The van der Waals surface area contributed by atoms with Gasteiger partial charge >= 0.3 is 0 Å². The summed E-state index contributed by atoms with van der Waals surface area (Å²) in [5.74, 6) is -0.755. The molecule has 1 aliphatic rings. The number of para-hydroxylation sites is 1. The fourth-order valence-electron chi connectivity index (χ4n) is 3.47. The first kappa shape index (κ1) is 20.0. The highest BCUT2D eigenvalue weighted by Crippen LogP contribution is 2.27. The van der Waals surface area contributed by atoms with Gasteiger partial charge in [-0.2, -0.15) is 5.10 Å².